The first kappa shape index (κ1) is 28.2. The average molecular weight is 569 g/mol. The average Bonchev–Trinajstić information content (AvgIpc) is 2.99. The summed E-state index contributed by atoms with van der Waals surface area (Å²) in [5, 5.41) is 15.5. The number of benzene rings is 3. The van der Waals surface area contributed by atoms with E-state index < -0.39 is 12.2 Å². The first-order valence-electron chi connectivity index (χ1n) is 15.3. The van der Waals surface area contributed by atoms with Crippen LogP contribution in [0, 0.1) is 5.92 Å². The molecule has 3 fully saturated rings. The molecule has 0 radical (unpaired) electrons. The summed E-state index contributed by atoms with van der Waals surface area (Å²) in [5.74, 6) is 0.456. The summed E-state index contributed by atoms with van der Waals surface area (Å²) in [4.78, 5) is 45.1. The molecule has 3 amide bonds. The number of likely N-dealkylation sites (N-methyl/N-ethyl adjacent to an activating group) is 1. The molecule has 1 aliphatic carbocycles. The summed E-state index contributed by atoms with van der Waals surface area (Å²) in [6.07, 6.45) is 7.13. The van der Waals surface area contributed by atoms with Gasteiger partial charge in [0.1, 0.15) is 18.0 Å². The van der Waals surface area contributed by atoms with Crippen molar-refractivity contribution >= 4 is 28.5 Å². The molecule has 1 N–H and O–H groups in total. The third-order valence-corrected chi connectivity index (χ3v) is 9.29. The molecule has 220 valence electrons. The van der Waals surface area contributed by atoms with Gasteiger partial charge in [-0.1, -0.05) is 86.7 Å². The standard InChI is InChI=1S/C34H40N4O4/c1-35-23-33(41)37-30(20-25-14-17-28(39)18-15-25)34(42)36(21-27-12-7-11-26-10-5-6-13-29(26)27)22-31(37)38(35)32(40)19-16-24-8-3-2-4-9-24/h5-7,10-15,17-18,24,30-31,39H,2-4,8-9,16,19-23H2,1H3/t30-,31?/m0/s1. The third kappa shape index (κ3) is 5.73. The second kappa shape index (κ2) is 12.1. The van der Waals surface area contributed by atoms with Gasteiger partial charge in [0.2, 0.25) is 17.7 Å². The van der Waals surface area contributed by atoms with Gasteiger partial charge in [0.25, 0.3) is 0 Å². The van der Waals surface area contributed by atoms with Gasteiger partial charge in [0, 0.05) is 26.4 Å². The van der Waals surface area contributed by atoms with E-state index in [1.807, 2.05) is 29.2 Å². The molecule has 1 unspecified atom stereocenters. The number of fused-ring (bicyclic) bond motifs is 2. The number of hydrogen-bond donors (Lipinski definition) is 1. The van der Waals surface area contributed by atoms with E-state index in [0.29, 0.717) is 25.3 Å². The molecular formula is C34H40N4O4. The van der Waals surface area contributed by atoms with Crippen LogP contribution in [0.4, 0.5) is 0 Å². The van der Waals surface area contributed by atoms with Crippen molar-refractivity contribution in [2.24, 2.45) is 5.92 Å². The van der Waals surface area contributed by atoms with Gasteiger partial charge >= 0.3 is 0 Å². The highest BCUT2D eigenvalue weighted by atomic mass is 16.3. The topological polar surface area (TPSA) is 84.4 Å². The zero-order valence-corrected chi connectivity index (χ0v) is 24.3. The van der Waals surface area contributed by atoms with E-state index in [2.05, 4.69) is 18.2 Å². The highest BCUT2D eigenvalue weighted by molar-refractivity contribution is 5.92. The zero-order chi connectivity index (χ0) is 29.2. The minimum absolute atomic E-state index is 0.00779. The lowest BCUT2D eigenvalue weighted by Crippen LogP contribution is -2.75. The second-order valence-corrected chi connectivity index (χ2v) is 12.1. The van der Waals surface area contributed by atoms with Crippen molar-refractivity contribution in [1.82, 2.24) is 19.8 Å². The smallest absolute Gasteiger partial charge is 0.246 e. The van der Waals surface area contributed by atoms with Crippen LogP contribution < -0.4 is 0 Å². The van der Waals surface area contributed by atoms with Crippen LogP contribution >= 0.6 is 0 Å². The van der Waals surface area contributed by atoms with Crippen LogP contribution in [0.25, 0.3) is 10.8 Å². The predicted octanol–water partition coefficient (Wildman–Crippen LogP) is 4.70. The van der Waals surface area contributed by atoms with Gasteiger partial charge in [0.05, 0.1) is 13.1 Å². The van der Waals surface area contributed by atoms with Crippen LogP contribution in [0.1, 0.15) is 56.1 Å². The molecule has 3 aromatic rings. The van der Waals surface area contributed by atoms with Crippen molar-refractivity contribution in [2.75, 3.05) is 20.1 Å². The van der Waals surface area contributed by atoms with Gasteiger partial charge in [-0.2, -0.15) is 0 Å². The molecule has 42 heavy (non-hydrogen) atoms. The fraction of sp³-hybridized carbons (Fsp3) is 0.441. The molecule has 2 aliphatic heterocycles. The molecule has 3 aromatic carbocycles. The van der Waals surface area contributed by atoms with Crippen LogP contribution in [-0.2, 0) is 27.3 Å². The molecule has 0 bridgehead atoms. The Labute approximate surface area is 247 Å². The predicted molar refractivity (Wildman–Crippen MR) is 161 cm³/mol. The summed E-state index contributed by atoms with van der Waals surface area (Å²) in [5.41, 5.74) is 1.88. The Bertz CT molecular complexity index is 1450. The molecule has 0 aromatic heterocycles. The molecule has 6 rings (SSSR count). The molecule has 2 heterocycles. The Morgan fingerprint density at radius 1 is 0.929 bits per heavy atom. The number of carbonyl (C=O) groups excluding carboxylic acids is 3. The number of amides is 3. The number of hydrazine groups is 1. The van der Waals surface area contributed by atoms with E-state index in [-0.39, 0.29) is 36.6 Å². The summed E-state index contributed by atoms with van der Waals surface area (Å²) in [6, 6.07) is 20.3. The van der Waals surface area contributed by atoms with Crippen LogP contribution in [0.2, 0.25) is 0 Å². The summed E-state index contributed by atoms with van der Waals surface area (Å²) < 4.78 is 0. The number of aromatic hydroxyl groups is 1. The highest BCUT2D eigenvalue weighted by Crippen LogP contribution is 2.32. The van der Waals surface area contributed by atoms with E-state index in [0.717, 1.165) is 28.3 Å². The number of nitrogens with zero attached hydrogens (tertiary/aromatic N) is 4. The molecule has 8 nitrogen and oxygen atoms in total. The van der Waals surface area contributed by atoms with Gasteiger partial charge in [0.15, 0.2) is 0 Å². The number of phenols is 1. The van der Waals surface area contributed by atoms with Crippen molar-refractivity contribution in [3.63, 3.8) is 0 Å². The normalized spacial score (nSPS) is 22.1. The number of carbonyl (C=O) groups is 3. The number of piperazine rings is 1. The molecule has 2 saturated heterocycles. The van der Waals surface area contributed by atoms with Crippen LogP contribution in [0.5, 0.6) is 5.75 Å². The number of rotatable bonds is 7. The summed E-state index contributed by atoms with van der Waals surface area (Å²) in [7, 11) is 1.80. The maximum Gasteiger partial charge on any atom is 0.246 e. The van der Waals surface area contributed by atoms with Crippen LogP contribution in [0.15, 0.2) is 66.7 Å². The number of hydrogen-bond acceptors (Lipinski definition) is 5. The van der Waals surface area contributed by atoms with Crippen LogP contribution in [0.3, 0.4) is 0 Å². The molecule has 2 atom stereocenters. The molecule has 8 heteroatoms. The van der Waals surface area contributed by atoms with E-state index in [1.165, 1.54) is 32.1 Å². The Kier molecular flexibility index (Phi) is 8.16. The largest absolute Gasteiger partial charge is 0.508 e. The Morgan fingerprint density at radius 2 is 1.67 bits per heavy atom. The molecule has 1 saturated carbocycles. The lowest BCUT2D eigenvalue weighted by molar-refractivity contribution is -0.203. The fourth-order valence-electron chi connectivity index (χ4n) is 7.12. The van der Waals surface area contributed by atoms with Crippen LogP contribution in [-0.4, -0.2) is 75.0 Å². The van der Waals surface area contributed by atoms with E-state index >= 15 is 0 Å². The van der Waals surface area contributed by atoms with Gasteiger partial charge in [-0.05, 0) is 46.4 Å². The van der Waals surface area contributed by atoms with E-state index in [4.69, 9.17) is 0 Å². The fourth-order valence-corrected chi connectivity index (χ4v) is 7.12. The minimum atomic E-state index is -0.752. The lowest BCUT2D eigenvalue weighted by atomic mass is 9.86. The summed E-state index contributed by atoms with van der Waals surface area (Å²) in [6.45, 7) is 0.687. The van der Waals surface area contributed by atoms with Crippen molar-refractivity contribution < 1.29 is 19.5 Å². The molecular weight excluding hydrogens is 528 g/mol. The monoisotopic (exact) mass is 568 g/mol. The van der Waals surface area contributed by atoms with Gasteiger partial charge in [-0.15, -0.1) is 0 Å². The van der Waals surface area contributed by atoms with Gasteiger partial charge in [-0.3, -0.25) is 19.4 Å². The SMILES string of the molecule is CN1CC(=O)N2C(CN(Cc3cccc4ccccc34)C(=O)[C@@H]2Cc2ccc(O)cc2)N1C(=O)CCC1CCCCC1. The minimum Gasteiger partial charge on any atom is -0.508 e. The highest BCUT2D eigenvalue weighted by Gasteiger charge is 2.50. The van der Waals surface area contributed by atoms with Crippen molar-refractivity contribution in [2.45, 2.75) is 70.1 Å². The van der Waals surface area contributed by atoms with E-state index in [9.17, 15) is 19.5 Å². The lowest BCUT2D eigenvalue weighted by Gasteiger charge is -2.54. The van der Waals surface area contributed by atoms with Gasteiger partial charge in [-0.25, -0.2) is 5.01 Å². The number of phenolic OH excluding ortho intramolecular Hbond substituents is 1. The van der Waals surface area contributed by atoms with Gasteiger partial charge < -0.3 is 14.9 Å². The maximum atomic E-state index is 14.2. The van der Waals surface area contributed by atoms with Crippen molar-refractivity contribution in [3.8, 4) is 5.75 Å². The Balaban J connectivity index is 1.32. The first-order chi connectivity index (χ1) is 20.4. The first-order valence-corrected chi connectivity index (χ1v) is 15.3. The van der Waals surface area contributed by atoms with Crippen molar-refractivity contribution in [1.29, 1.82) is 0 Å². The molecule has 0 spiro atoms. The maximum absolute atomic E-state index is 14.2. The second-order valence-electron chi connectivity index (χ2n) is 12.1. The molecule has 3 aliphatic rings. The zero-order valence-electron chi connectivity index (χ0n) is 24.3. The third-order valence-electron chi connectivity index (χ3n) is 9.29. The quantitative estimate of drug-likeness (QED) is 0.447. The van der Waals surface area contributed by atoms with E-state index in [1.54, 1.807) is 46.2 Å². The van der Waals surface area contributed by atoms with Crippen molar-refractivity contribution in [3.05, 3.63) is 77.9 Å². The Morgan fingerprint density at radius 3 is 2.45 bits per heavy atom. The summed E-state index contributed by atoms with van der Waals surface area (Å²) >= 11 is 0. The Hall–Kier alpha value is -3.91.